The number of nitrogens with zero attached hydrogens (tertiary/aromatic N) is 3. The van der Waals surface area contributed by atoms with Gasteiger partial charge in [-0.05, 0) is 12.1 Å². The van der Waals surface area contributed by atoms with E-state index in [1.54, 1.807) is 18.2 Å². The first kappa shape index (κ1) is 16.4. The van der Waals surface area contributed by atoms with Gasteiger partial charge in [-0.25, -0.2) is 22.4 Å². The molecule has 0 aliphatic rings. The average Bonchev–Trinajstić information content (AvgIpc) is 2.96. The lowest BCUT2D eigenvalue weighted by Crippen LogP contribution is -2.17. The molecule has 0 aliphatic heterocycles. The molecule has 10 heteroatoms. The number of methoxy groups -OCH3 is 1. The summed E-state index contributed by atoms with van der Waals surface area (Å²) in [5.41, 5.74) is 0.868. The van der Waals surface area contributed by atoms with Crippen LogP contribution in [0.15, 0.2) is 30.3 Å². The van der Waals surface area contributed by atoms with E-state index in [-0.39, 0.29) is 11.3 Å². The molecule has 0 saturated carbocycles. The molecule has 1 atom stereocenters. The molecule has 3 rings (SSSR count). The molecule has 3 aromatic rings. The number of hydrogen-bond donors (Lipinski definition) is 2. The number of aromatic nitrogens is 3. The Morgan fingerprint density at radius 3 is 2.62 bits per heavy atom. The van der Waals surface area contributed by atoms with Crippen LogP contribution in [0.5, 0.6) is 5.75 Å². The van der Waals surface area contributed by atoms with Gasteiger partial charge in [-0.3, -0.25) is 4.55 Å². The number of rotatable bonds is 5. The maximum Gasteiger partial charge on any atom is 0.232 e. The molecule has 0 radical (unpaired) electrons. The van der Waals surface area contributed by atoms with Gasteiger partial charge in [-0.2, -0.15) is 0 Å². The van der Waals surface area contributed by atoms with Gasteiger partial charge in [0, 0.05) is 30.3 Å². The monoisotopic (exact) mass is 354 g/mol. The summed E-state index contributed by atoms with van der Waals surface area (Å²) in [4.78, 5) is 0. The Bertz CT molecular complexity index is 909. The summed E-state index contributed by atoms with van der Waals surface area (Å²) in [7, 11) is 1.52. The largest absolute Gasteiger partial charge is 0.497 e. The minimum Gasteiger partial charge on any atom is -0.497 e. The fraction of sp³-hybridized carbons (Fsp3) is 0.143. The third kappa shape index (κ3) is 3.11. The van der Waals surface area contributed by atoms with Crippen molar-refractivity contribution in [1.29, 1.82) is 0 Å². The smallest absolute Gasteiger partial charge is 0.232 e. The van der Waals surface area contributed by atoms with Gasteiger partial charge in [-0.15, -0.1) is 5.10 Å². The predicted molar refractivity (Wildman–Crippen MR) is 82.9 cm³/mol. The minimum absolute atomic E-state index is 0.145. The molecular weight excluding hydrogens is 342 g/mol. The van der Waals surface area contributed by atoms with Crippen molar-refractivity contribution < 1.29 is 22.3 Å². The molecule has 2 N–H and O–H groups in total. The molecular formula is C14H12F2N4O3S. The highest BCUT2D eigenvalue weighted by Crippen LogP contribution is 2.23. The summed E-state index contributed by atoms with van der Waals surface area (Å²) in [5, 5.41) is 7.85. The lowest BCUT2D eigenvalue weighted by molar-refractivity contribution is 0.415. The summed E-state index contributed by atoms with van der Waals surface area (Å²) in [6.45, 7) is -0.420. The van der Waals surface area contributed by atoms with E-state index in [0.717, 1.165) is 12.1 Å². The molecule has 1 heterocycles. The number of halogens is 2. The van der Waals surface area contributed by atoms with Gasteiger partial charge in [0.05, 0.1) is 18.3 Å². The van der Waals surface area contributed by atoms with Crippen LogP contribution in [0.1, 0.15) is 5.56 Å². The Labute approximate surface area is 137 Å². The first-order valence-corrected chi connectivity index (χ1v) is 7.82. The predicted octanol–water partition coefficient (Wildman–Crippen LogP) is 1.93. The molecule has 24 heavy (non-hydrogen) atoms. The maximum absolute atomic E-state index is 14.1. The fourth-order valence-corrected chi connectivity index (χ4v) is 2.50. The molecule has 1 aromatic heterocycles. The molecule has 1 unspecified atom stereocenters. The Hall–Kier alpha value is -2.43. The van der Waals surface area contributed by atoms with Crippen molar-refractivity contribution in [2.24, 2.45) is 0 Å². The number of fused-ring (bicyclic) bond motifs is 1. The lowest BCUT2D eigenvalue weighted by Gasteiger charge is -2.08. The van der Waals surface area contributed by atoms with E-state index < -0.39 is 29.4 Å². The van der Waals surface area contributed by atoms with Crippen molar-refractivity contribution in [3.8, 4) is 11.4 Å². The second kappa shape index (κ2) is 6.59. The van der Waals surface area contributed by atoms with E-state index in [1.165, 1.54) is 11.8 Å². The summed E-state index contributed by atoms with van der Waals surface area (Å²) in [5.74, 6) is -1.13. The van der Waals surface area contributed by atoms with Crippen molar-refractivity contribution in [3.05, 3.63) is 47.5 Å². The van der Waals surface area contributed by atoms with Gasteiger partial charge < -0.3 is 4.74 Å². The van der Waals surface area contributed by atoms with Gasteiger partial charge in [-0.1, -0.05) is 5.21 Å². The second-order valence-corrected chi connectivity index (χ2v) is 5.60. The standard InChI is InChI=1S/C14H12F2N4O3S/c1-23-9-2-3-14-13(6-9)18-19-20(14)8-4-11(15)10(12(16)5-8)7-17-24(21)22/h2-6,17H,7H2,1H3,(H,21,22). The first-order valence-electron chi connectivity index (χ1n) is 6.71. The van der Waals surface area contributed by atoms with Gasteiger partial charge in [0.15, 0.2) is 0 Å². The second-order valence-electron chi connectivity index (χ2n) is 4.81. The van der Waals surface area contributed by atoms with Gasteiger partial charge >= 0.3 is 0 Å². The van der Waals surface area contributed by atoms with Crippen molar-refractivity contribution in [3.63, 3.8) is 0 Å². The van der Waals surface area contributed by atoms with E-state index in [4.69, 9.17) is 9.29 Å². The zero-order chi connectivity index (χ0) is 17.3. The van der Waals surface area contributed by atoms with Gasteiger partial charge in [0.25, 0.3) is 0 Å². The normalized spacial score (nSPS) is 12.5. The van der Waals surface area contributed by atoms with Crippen LogP contribution in [0.4, 0.5) is 8.78 Å². The number of hydrogen-bond acceptors (Lipinski definition) is 4. The molecule has 0 spiro atoms. The van der Waals surface area contributed by atoms with E-state index in [1.807, 2.05) is 4.72 Å². The topological polar surface area (TPSA) is 89.3 Å². The minimum atomic E-state index is -2.36. The SMILES string of the molecule is COc1ccc2c(c1)nnn2-c1cc(F)c(CNS(=O)O)c(F)c1. The third-order valence-corrected chi connectivity index (χ3v) is 3.79. The number of nitrogens with one attached hydrogen (secondary N) is 1. The maximum atomic E-state index is 14.1. The van der Waals surface area contributed by atoms with Crippen LogP contribution in [-0.2, 0) is 17.8 Å². The van der Waals surface area contributed by atoms with Crippen molar-refractivity contribution in [2.45, 2.75) is 6.54 Å². The van der Waals surface area contributed by atoms with Crippen LogP contribution in [0.25, 0.3) is 16.7 Å². The van der Waals surface area contributed by atoms with Crippen LogP contribution < -0.4 is 9.46 Å². The molecule has 126 valence electrons. The quantitative estimate of drug-likeness (QED) is 0.684. The number of benzene rings is 2. The highest BCUT2D eigenvalue weighted by Gasteiger charge is 2.15. The van der Waals surface area contributed by atoms with Crippen LogP contribution in [-0.4, -0.2) is 30.9 Å². The lowest BCUT2D eigenvalue weighted by atomic mass is 10.1. The molecule has 0 aliphatic carbocycles. The Morgan fingerprint density at radius 2 is 2.00 bits per heavy atom. The Morgan fingerprint density at radius 1 is 1.29 bits per heavy atom. The van der Waals surface area contributed by atoms with E-state index in [2.05, 4.69) is 10.3 Å². The molecule has 0 fully saturated rings. The van der Waals surface area contributed by atoms with Crippen LogP contribution in [0.2, 0.25) is 0 Å². The van der Waals surface area contributed by atoms with Crippen LogP contribution in [0.3, 0.4) is 0 Å². The summed E-state index contributed by atoms with van der Waals surface area (Å²) >= 11 is -2.36. The van der Waals surface area contributed by atoms with Crippen LogP contribution in [0, 0.1) is 11.6 Å². The average molecular weight is 354 g/mol. The molecule has 0 saturated heterocycles. The summed E-state index contributed by atoms with van der Waals surface area (Å²) < 4.78 is 55.9. The Balaban J connectivity index is 2.02. The van der Waals surface area contributed by atoms with Crippen molar-refractivity contribution >= 4 is 22.3 Å². The zero-order valence-electron chi connectivity index (χ0n) is 12.4. The third-order valence-electron chi connectivity index (χ3n) is 3.40. The number of ether oxygens (including phenoxy) is 1. The molecule has 7 nitrogen and oxygen atoms in total. The van der Waals surface area contributed by atoms with Crippen LogP contribution >= 0.6 is 0 Å². The van der Waals surface area contributed by atoms with E-state index in [0.29, 0.717) is 16.8 Å². The highest BCUT2D eigenvalue weighted by atomic mass is 32.2. The van der Waals surface area contributed by atoms with Crippen molar-refractivity contribution in [1.82, 2.24) is 19.7 Å². The zero-order valence-corrected chi connectivity index (χ0v) is 13.2. The molecule has 0 bridgehead atoms. The molecule has 2 aromatic carbocycles. The summed E-state index contributed by atoms with van der Waals surface area (Å²) in [6.07, 6.45) is 0. The highest BCUT2D eigenvalue weighted by molar-refractivity contribution is 7.77. The van der Waals surface area contributed by atoms with Gasteiger partial charge in [0.1, 0.15) is 22.9 Å². The molecule has 0 amide bonds. The van der Waals surface area contributed by atoms with E-state index in [9.17, 15) is 13.0 Å². The first-order chi connectivity index (χ1) is 11.5. The summed E-state index contributed by atoms with van der Waals surface area (Å²) in [6, 6.07) is 7.18. The fourth-order valence-electron chi connectivity index (χ4n) is 2.24. The van der Waals surface area contributed by atoms with E-state index >= 15 is 0 Å². The van der Waals surface area contributed by atoms with Gasteiger partial charge in [0.2, 0.25) is 11.3 Å². The Kier molecular flexibility index (Phi) is 4.51. The van der Waals surface area contributed by atoms with Crippen molar-refractivity contribution in [2.75, 3.05) is 7.11 Å².